The van der Waals surface area contributed by atoms with Crippen LogP contribution in [0.1, 0.15) is 34.6 Å². The first-order valence-electron chi connectivity index (χ1n) is 7.76. The lowest BCUT2D eigenvalue weighted by Crippen LogP contribution is -2.27. The van der Waals surface area contributed by atoms with Crippen LogP contribution >= 0.6 is 0 Å². The van der Waals surface area contributed by atoms with Crippen LogP contribution in [-0.4, -0.2) is 8.42 Å². The third-order valence-corrected chi connectivity index (χ3v) is 6.39. The van der Waals surface area contributed by atoms with Crippen LogP contribution in [0.15, 0.2) is 72.1 Å². The summed E-state index contributed by atoms with van der Waals surface area (Å²) in [7, 11) is -3.63. The van der Waals surface area contributed by atoms with Crippen LogP contribution in [0.3, 0.4) is 0 Å². The van der Waals surface area contributed by atoms with Crippen molar-refractivity contribution < 1.29 is 8.42 Å². The maximum atomic E-state index is 12.8. The highest BCUT2D eigenvalue weighted by atomic mass is 32.2. The third-order valence-electron chi connectivity index (χ3n) is 4.58. The molecular formula is C20H30O2S. The zero-order valence-electron chi connectivity index (χ0n) is 15.0. The first kappa shape index (κ1) is 21.4. The Bertz CT molecular complexity index is 627. The van der Waals surface area contributed by atoms with Gasteiger partial charge in [-0.2, -0.15) is 0 Å². The molecule has 0 saturated carbocycles. The molecule has 0 saturated heterocycles. The van der Waals surface area contributed by atoms with E-state index in [9.17, 15) is 8.42 Å². The molecule has 0 radical (unpaired) electrons. The van der Waals surface area contributed by atoms with E-state index in [0.717, 1.165) is 0 Å². The van der Waals surface area contributed by atoms with Gasteiger partial charge in [0.25, 0.3) is 0 Å². The Hall–Kier alpha value is -1.61. The Morgan fingerprint density at radius 3 is 1.96 bits per heavy atom. The molecule has 0 N–H and O–H groups in total. The number of hydrogen-bond donors (Lipinski definition) is 0. The van der Waals surface area contributed by atoms with Gasteiger partial charge < -0.3 is 0 Å². The molecule has 1 unspecified atom stereocenters. The average Bonchev–Trinajstić information content (AvgIpc) is 2.47. The summed E-state index contributed by atoms with van der Waals surface area (Å²) >= 11 is 0. The summed E-state index contributed by atoms with van der Waals surface area (Å²) in [5.41, 5.74) is -0.0248. The highest BCUT2D eigenvalue weighted by molar-refractivity contribution is 7.99. The first-order valence-corrected chi connectivity index (χ1v) is 9.25. The molecule has 128 valence electrons. The molecule has 0 spiro atoms. The van der Waals surface area contributed by atoms with Crippen LogP contribution in [0.2, 0.25) is 0 Å². The van der Waals surface area contributed by atoms with Crippen LogP contribution < -0.4 is 0 Å². The summed E-state index contributed by atoms with van der Waals surface area (Å²) in [5, 5.41) is 0. The van der Waals surface area contributed by atoms with Gasteiger partial charge >= 0.3 is 0 Å². The van der Waals surface area contributed by atoms with Crippen molar-refractivity contribution in [2.24, 2.45) is 17.3 Å². The largest absolute Gasteiger partial charge is 0.219 e. The van der Waals surface area contributed by atoms with Crippen molar-refractivity contribution in [1.29, 1.82) is 0 Å². The number of hydrogen-bond acceptors (Lipinski definition) is 2. The Morgan fingerprint density at radius 1 is 1.00 bits per heavy atom. The van der Waals surface area contributed by atoms with E-state index >= 15 is 0 Å². The molecule has 0 aliphatic heterocycles. The number of sulfone groups is 1. The molecule has 0 bridgehead atoms. The smallest absolute Gasteiger partial charge is 0.206 e. The summed E-state index contributed by atoms with van der Waals surface area (Å²) < 4.78 is 25.7. The topological polar surface area (TPSA) is 34.1 Å². The van der Waals surface area contributed by atoms with Gasteiger partial charge in [0, 0.05) is 0 Å². The highest BCUT2D eigenvalue weighted by Gasteiger charge is 2.30. The fraction of sp³-hybridized carbons (Fsp3) is 0.400. The van der Waals surface area contributed by atoms with Crippen LogP contribution in [-0.2, 0) is 9.84 Å². The lowest BCUT2D eigenvalue weighted by atomic mass is 9.71. The van der Waals surface area contributed by atoms with Crippen LogP contribution in [0.25, 0.3) is 0 Å². The van der Waals surface area contributed by atoms with E-state index < -0.39 is 9.84 Å². The molecule has 3 heteroatoms. The van der Waals surface area contributed by atoms with Gasteiger partial charge in [-0.3, -0.25) is 0 Å². The molecule has 0 aliphatic carbocycles. The van der Waals surface area contributed by atoms with Gasteiger partial charge in [0.1, 0.15) is 0 Å². The van der Waals surface area contributed by atoms with E-state index in [1.165, 1.54) is 30.4 Å². The van der Waals surface area contributed by atoms with E-state index in [2.05, 4.69) is 47.4 Å². The van der Waals surface area contributed by atoms with Crippen molar-refractivity contribution in [3.8, 4) is 0 Å². The summed E-state index contributed by atoms with van der Waals surface area (Å²) in [6.07, 6.45) is 10.8. The molecule has 0 aromatic heterocycles. The normalized spacial score (nSPS) is 15.7. The van der Waals surface area contributed by atoms with Gasteiger partial charge in [0.15, 0.2) is 0 Å². The Labute approximate surface area is 142 Å². The number of rotatable bonds is 9. The zero-order valence-corrected chi connectivity index (χ0v) is 15.9. The summed E-state index contributed by atoms with van der Waals surface area (Å²) in [5.74, 6) is 0.505. The van der Waals surface area contributed by atoms with E-state index in [1.54, 1.807) is 12.2 Å². The average molecular weight is 335 g/mol. The van der Waals surface area contributed by atoms with Gasteiger partial charge in [0.05, 0.1) is 9.81 Å². The molecule has 0 aliphatic rings. The van der Waals surface area contributed by atoms with Gasteiger partial charge in [0.2, 0.25) is 9.84 Å². The Morgan fingerprint density at radius 2 is 1.57 bits per heavy atom. The number of allylic oxidation sites excluding steroid dienone is 7. The van der Waals surface area contributed by atoms with Gasteiger partial charge in [-0.1, -0.05) is 84.7 Å². The minimum Gasteiger partial charge on any atom is -0.219 e. The first-order chi connectivity index (χ1) is 10.5. The highest BCUT2D eigenvalue weighted by Crippen LogP contribution is 2.37. The van der Waals surface area contributed by atoms with E-state index in [-0.39, 0.29) is 21.1 Å². The van der Waals surface area contributed by atoms with Crippen molar-refractivity contribution in [1.82, 2.24) is 0 Å². The maximum absolute atomic E-state index is 12.8. The maximum Gasteiger partial charge on any atom is 0.206 e. The predicted octanol–water partition coefficient (Wildman–Crippen LogP) is 5.60. The van der Waals surface area contributed by atoms with Gasteiger partial charge in [-0.15, -0.1) is 0 Å². The second kappa shape index (κ2) is 8.88. The van der Waals surface area contributed by atoms with E-state index in [0.29, 0.717) is 5.92 Å². The molecule has 0 amide bonds. The zero-order chi connectivity index (χ0) is 18.3. The molecule has 0 aromatic rings. The fourth-order valence-electron chi connectivity index (χ4n) is 1.90. The molecule has 0 fully saturated rings. The molecule has 1 atom stereocenters. The third kappa shape index (κ3) is 5.51. The summed E-state index contributed by atoms with van der Waals surface area (Å²) in [6.45, 7) is 21.4. The van der Waals surface area contributed by atoms with Crippen molar-refractivity contribution in [2.45, 2.75) is 34.6 Å². The molecule has 2 nitrogen and oxygen atoms in total. The SMILES string of the molecule is C=C/C=C\C(=C/C=C)S(=O)(=O)/C(C=C)=C/C(C)C(C)(C)C(C)C. The summed E-state index contributed by atoms with van der Waals surface area (Å²) in [6, 6.07) is 0. The Kier molecular flexibility index (Phi) is 8.25. The van der Waals surface area contributed by atoms with Crippen LogP contribution in [0, 0.1) is 17.3 Å². The van der Waals surface area contributed by atoms with Crippen molar-refractivity contribution in [2.75, 3.05) is 0 Å². The molecule has 0 rings (SSSR count). The quantitative estimate of drug-likeness (QED) is 0.514. The van der Waals surface area contributed by atoms with Crippen LogP contribution in [0.4, 0.5) is 0 Å². The summed E-state index contributed by atoms with van der Waals surface area (Å²) in [4.78, 5) is 0.397. The van der Waals surface area contributed by atoms with Gasteiger partial charge in [-0.25, -0.2) is 8.42 Å². The predicted molar refractivity (Wildman–Crippen MR) is 103 cm³/mol. The molecule has 0 aromatic carbocycles. The lowest BCUT2D eigenvalue weighted by molar-refractivity contribution is 0.185. The van der Waals surface area contributed by atoms with Crippen molar-refractivity contribution in [3.05, 3.63) is 72.1 Å². The lowest BCUT2D eigenvalue weighted by Gasteiger charge is -2.34. The molecule has 0 heterocycles. The van der Waals surface area contributed by atoms with Crippen molar-refractivity contribution >= 4 is 9.84 Å². The van der Waals surface area contributed by atoms with Crippen LogP contribution in [0.5, 0.6) is 0 Å². The van der Waals surface area contributed by atoms with Gasteiger partial charge in [-0.05, 0) is 29.4 Å². The molecular weight excluding hydrogens is 304 g/mol. The monoisotopic (exact) mass is 334 g/mol. The standard InChI is InChI=1S/C20H30O2S/c1-9-12-14-19(13-10-2)23(21,22)18(11-3)15-17(6)20(7,8)16(4)5/h9-17H,1-3H2,4-8H3/b14-12-,18-15+,19-13+. The second-order valence-corrected chi connectivity index (χ2v) is 8.39. The molecule has 23 heavy (non-hydrogen) atoms. The van der Waals surface area contributed by atoms with E-state index in [4.69, 9.17) is 0 Å². The second-order valence-electron chi connectivity index (χ2n) is 6.44. The Balaban J connectivity index is 6.02. The minimum absolute atomic E-state index is 0.0248. The minimum atomic E-state index is -3.63. The van der Waals surface area contributed by atoms with E-state index in [1.807, 2.05) is 6.92 Å². The fourth-order valence-corrected chi connectivity index (χ4v) is 3.31. The van der Waals surface area contributed by atoms with Crippen molar-refractivity contribution in [3.63, 3.8) is 0 Å².